The van der Waals surface area contributed by atoms with Gasteiger partial charge >= 0.3 is 51.5 Å². The Hall–Kier alpha value is -1.02. The Morgan fingerprint density at radius 1 is 0.556 bits per heavy atom. The fourth-order valence-electron chi connectivity index (χ4n) is 1.18. The first-order valence-electron chi connectivity index (χ1n) is 5.33. The molecule has 0 aliphatic heterocycles. The Kier molecular flexibility index (Phi) is 6.00. The fourth-order valence-corrected chi connectivity index (χ4v) is 1.77. The summed E-state index contributed by atoms with van der Waals surface area (Å²) in [5.74, 6) is -40.3. The van der Waals surface area contributed by atoms with Crippen LogP contribution in [-0.2, 0) is 23.5 Å². The summed E-state index contributed by atoms with van der Waals surface area (Å²) in [5.41, 5.74) is 0. The lowest BCUT2D eigenvalue weighted by Gasteiger charge is -2.39. The second kappa shape index (κ2) is 6.24. The van der Waals surface area contributed by atoms with Gasteiger partial charge in [0.25, 0.3) is 0 Å². The highest BCUT2D eigenvalue weighted by molar-refractivity contribution is 7.93. The number of quaternary nitrogens is 1. The molecule has 0 aliphatic carbocycles. The van der Waals surface area contributed by atoms with E-state index in [-0.39, 0.29) is 0 Å². The summed E-state index contributed by atoms with van der Waals surface area (Å²) in [4.78, 5) is 0. The lowest BCUT2D eigenvalue weighted by atomic mass is 9.94. The zero-order chi connectivity index (χ0) is 22.7. The van der Waals surface area contributed by atoms with Gasteiger partial charge in [-0.1, -0.05) is 0 Å². The van der Waals surface area contributed by atoms with Crippen molar-refractivity contribution in [2.45, 2.75) is 41.0 Å². The van der Waals surface area contributed by atoms with Gasteiger partial charge in [0.15, 0.2) is 0 Å². The van der Waals surface area contributed by atoms with Gasteiger partial charge in [0.1, 0.15) is 0 Å². The van der Waals surface area contributed by atoms with E-state index < -0.39 is 51.5 Å². The molecule has 0 spiro atoms. The molecule has 0 saturated heterocycles. The van der Waals surface area contributed by atoms with Gasteiger partial charge in [0.2, 0.25) is 0 Å². The highest BCUT2D eigenvalue weighted by atomic mass is 32.3. The van der Waals surface area contributed by atoms with Crippen LogP contribution < -0.4 is 5.90 Å². The molecule has 0 aromatic carbocycles. The van der Waals surface area contributed by atoms with E-state index in [9.17, 15) is 74.6 Å². The molecule has 0 rings (SSSR count). The van der Waals surface area contributed by atoms with E-state index in [1.807, 2.05) is 0 Å². The largest absolute Gasteiger partial charge is 0.554 e. The van der Waals surface area contributed by atoms with Crippen molar-refractivity contribution in [2.24, 2.45) is 0 Å². The maximum absolute atomic E-state index is 13.1. The van der Waals surface area contributed by atoms with Crippen LogP contribution in [-0.4, -0.2) is 41.0 Å². The summed E-state index contributed by atoms with van der Waals surface area (Å²) < 4.78 is 213. The molecule has 0 heterocycles. The Bertz CT molecular complexity index is 613. The first-order chi connectivity index (χ1) is 11.3. The monoisotopic (exact) mass is 466 g/mol. The third-order valence-electron chi connectivity index (χ3n) is 2.77. The van der Waals surface area contributed by atoms with E-state index in [1.165, 1.54) is 0 Å². The summed E-state index contributed by atoms with van der Waals surface area (Å²) in [6.07, 6.45) is -7.74. The van der Waals surface area contributed by atoms with Crippen LogP contribution in [0.15, 0.2) is 0 Å². The zero-order valence-electron chi connectivity index (χ0n) is 11.5. The van der Waals surface area contributed by atoms with Gasteiger partial charge in [-0.05, 0) is 4.21 Å². The molecular weight excluding hydrogens is 463 g/mol. The van der Waals surface area contributed by atoms with Gasteiger partial charge in [0.05, 0.1) is 8.84 Å². The standard InChI is InChI=1S/C7H3F15NO3S/c8-1(9,2(10,11)4(14,15)6(18,19)20)3(12,13)5(16,17)7(21,22)27(24,25)26-23/h23H3/q+2. The van der Waals surface area contributed by atoms with E-state index in [1.54, 1.807) is 5.90 Å². The summed E-state index contributed by atoms with van der Waals surface area (Å²) in [7, 11) is -7.37. The maximum Gasteiger partial charge on any atom is 0.554 e. The lowest BCUT2D eigenvalue weighted by Crippen LogP contribution is -2.74. The minimum absolute atomic E-state index is 1.55. The SMILES string of the molecule is [NH3+]O[S+]([O])(=O)C(F)(F)C(F)(F)C(F)(F)C(F)(F)C(F)(F)C(F)(F)C(F)(F)F. The number of alkyl halides is 15. The molecule has 1 radical (unpaired) electrons. The summed E-state index contributed by atoms with van der Waals surface area (Å²) >= 11 is 0. The molecule has 4 nitrogen and oxygen atoms in total. The van der Waals surface area contributed by atoms with Crippen LogP contribution in [0.2, 0.25) is 0 Å². The van der Waals surface area contributed by atoms with Crippen LogP contribution in [0, 0.1) is 0 Å². The summed E-state index contributed by atoms with van der Waals surface area (Å²) in [6.45, 7) is 0. The van der Waals surface area contributed by atoms with Crippen molar-refractivity contribution < 1.29 is 84.8 Å². The summed E-state index contributed by atoms with van der Waals surface area (Å²) in [5, 5.41) is -7.53. The Morgan fingerprint density at radius 3 is 1.07 bits per heavy atom. The minimum atomic E-state index is -8.57. The van der Waals surface area contributed by atoms with Crippen LogP contribution >= 0.6 is 0 Å². The minimum Gasteiger partial charge on any atom is -0.192 e. The molecule has 0 amide bonds. The normalized spacial score (nSPS) is 18.4. The molecule has 0 aromatic rings. The molecule has 0 saturated carbocycles. The van der Waals surface area contributed by atoms with E-state index in [4.69, 9.17) is 0 Å². The van der Waals surface area contributed by atoms with Gasteiger partial charge in [0, 0.05) is 0 Å². The highest BCUT2D eigenvalue weighted by Crippen LogP contribution is 2.63. The first kappa shape index (κ1) is 26.0. The van der Waals surface area contributed by atoms with E-state index >= 15 is 0 Å². The molecule has 20 heteroatoms. The van der Waals surface area contributed by atoms with Crippen LogP contribution in [0.4, 0.5) is 65.9 Å². The molecule has 0 fully saturated rings. The van der Waals surface area contributed by atoms with Crippen LogP contribution in [0.25, 0.3) is 0 Å². The van der Waals surface area contributed by atoms with Crippen molar-refractivity contribution in [1.29, 1.82) is 0 Å². The third-order valence-corrected chi connectivity index (χ3v) is 3.96. The third kappa shape index (κ3) is 3.12. The van der Waals surface area contributed by atoms with Crippen LogP contribution in [0.3, 0.4) is 0 Å². The Balaban J connectivity index is 6.70. The number of hydrogen-bond donors (Lipinski definition) is 1. The van der Waals surface area contributed by atoms with Gasteiger partial charge in [-0.15, -0.1) is 8.78 Å². The molecule has 3 N–H and O–H groups in total. The predicted octanol–water partition coefficient (Wildman–Crippen LogP) is 3.25. The van der Waals surface area contributed by atoms with Crippen LogP contribution in [0.1, 0.15) is 0 Å². The molecule has 27 heavy (non-hydrogen) atoms. The average Bonchev–Trinajstić information content (AvgIpc) is 2.44. The topological polar surface area (TPSA) is 73.8 Å². The smallest absolute Gasteiger partial charge is 0.192 e. The number of halogens is 15. The number of hydrogen-bond acceptors (Lipinski definition) is 2. The lowest BCUT2D eigenvalue weighted by molar-refractivity contribution is -0.639. The van der Waals surface area contributed by atoms with Crippen molar-refractivity contribution in [3.63, 3.8) is 0 Å². The van der Waals surface area contributed by atoms with Crippen molar-refractivity contribution in [3.05, 3.63) is 0 Å². The van der Waals surface area contributed by atoms with Gasteiger partial charge in [-0.3, -0.25) is 0 Å². The molecular formula is C7H3F15NO3S+2. The average molecular weight is 466 g/mol. The predicted molar refractivity (Wildman–Crippen MR) is 48.4 cm³/mol. The van der Waals surface area contributed by atoms with Gasteiger partial charge in [-0.2, -0.15) is 63.0 Å². The zero-order valence-corrected chi connectivity index (χ0v) is 12.3. The highest BCUT2D eigenvalue weighted by Gasteiger charge is 2.98. The Labute approximate surface area is 137 Å². The Morgan fingerprint density at radius 2 is 0.815 bits per heavy atom. The van der Waals surface area contributed by atoms with E-state index in [0.717, 1.165) is 0 Å². The molecule has 0 bridgehead atoms. The van der Waals surface area contributed by atoms with Crippen LogP contribution in [0.5, 0.6) is 0 Å². The van der Waals surface area contributed by atoms with Gasteiger partial charge < -0.3 is 0 Å². The van der Waals surface area contributed by atoms with Gasteiger partial charge in [-0.25, -0.2) is 0 Å². The quantitative estimate of drug-likeness (QED) is 0.356. The van der Waals surface area contributed by atoms with E-state index in [2.05, 4.69) is 4.28 Å². The molecule has 1 atom stereocenters. The first-order valence-corrected chi connectivity index (χ1v) is 6.74. The molecule has 0 aromatic heterocycles. The van der Waals surface area contributed by atoms with Crippen molar-refractivity contribution in [1.82, 2.24) is 0 Å². The maximum atomic E-state index is 13.1. The molecule has 1 unspecified atom stereocenters. The summed E-state index contributed by atoms with van der Waals surface area (Å²) in [6, 6.07) is 0. The fraction of sp³-hybridized carbons (Fsp3) is 1.00. The van der Waals surface area contributed by atoms with Crippen molar-refractivity contribution in [2.75, 3.05) is 0 Å². The van der Waals surface area contributed by atoms with Crippen molar-refractivity contribution >= 4 is 10.5 Å². The second-order valence-electron chi connectivity index (χ2n) is 4.46. The second-order valence-corrected chi connectivity index (χ2v) is 6.12. The molecule has 0 aliphatic rings. The van der Waals surface area contributed by atoms with E-state index in [0.29, 0.717) is 0 Å². The molecule has 163 valence electrons. The van der Waals surface area contributed by atoms with Crippen molar-refractivity contribution in [3.8, 4) is 0 Å². The number of rotatable bonds is 7.